The fourth-order valence-corrected chi connectivity index (χ4v) is 2.98. The molecule has 0 bridgehead atoms. The van der Waals surface area contributed by atoms with Gasteiger partial charge in [-0.05, 0) is 32.0 Å². The number of piperazine rings is 1. The van der Waals surface area contributed by atoms with Crippen molar-refractivity contribution in [2.45, 2.75) is 19.9 Å². The van der Waals surface area contributed by atoms with Crippen LogP contribution in [0.1, 0.15) is 13.8 Å². The van der Waals surface area contributed by atoms with Crippen molar-refractivity contribution in [3.8, 4) is 5.69 Å². The summed E-state index contributed by atoms with van der Waals surface area (Å²) >= 11 is 0. The Hall–Kier alpha value is -3.01. The zero-order valence-electron chi connectivity index (χ0n) is 15.9. The minimum Gasteiger partial charge on any atom is -0.353 e. The zero-order valence-corrected chi connectivity index (χ0v) is 15.9. The van der Waals surface area contributed by atoms with Crippen LogP contribution >= 0.6 is 0 Å². The Balaban J connectivity index is 1.55. The molecule has 0 radical (unpaired) electrons. The molecule has 0 saturated carbocycles. The lowest BCUT2D eigenvalue weighted by molar-refractivity contribution is -0.123. The fourth-order valence-electron chi connectivity index (χ4n) is 2.98. The van der Waals surface area contributed by atoms with Crippen LogP contribution in [0.4, 0.5) is 14.9 Å². The predicted molar refractivity (Wildman–Crippen MR) is 102 cm³/mol. The number of carbonyl (C=O) groups is 2. The van der Waals surface area contributed by atoms with E-state index in [1.54, 1.807) is 15.5 Å². The van der Waals surface area contributed by atoms with E-state index in [0.717, 1.165) is 0 Å². The van der Waals surface area contributed by atoms with Crippen LogP contribution in [0.2, 0.25) is 0 Å². The summed E-state index contributed by atoms with van der Waals surface area (Å²) < 4.78 is 15.7. The van der Waals surface area contributed by atoms with E-state index in [1.807, 2.05) is 18.7 Å². The van der Waals surface area contributed by atoms with Crippen molar-refractivity contribution in [3.63, 3.8) is 0 Å². The molecule has 1 saturated heterocycles. The Morgan fingerprint density at radius 2 is 1.82 bits per heavy atom. The molecule has 1 aliphatic heterocycles. The molecule has 28 heavy (non-hydrogen) atoms. The van der Waals surface area contributed by atoms with Crippen LogP contribution in [-0.4, -0.2) is 75.3 Å². The van der Waals surface area contributed by atoms with Crippen molar-refractivity contribution in [2.24, 2.45) is 0 Å². The number of aromatic nitrogens is 3. The van der Waals surface area contributed by atoms with Gasteiger partial charge in [0, 0.05) is 32.2 Å². The zero-order chi connectivity index (χ0) is 20.1. The third-order valence-electron chi connectivity index (χ3n) is 4.38. The van der Waals surface area contributed by atoms with Crippen LogP contribution < -0.4 is 10.6 Å². The van der Waals surface area contributed by atoms with Gasteiger partial charge in [-0.1, -0.05) is 0 Å². The summed E-state index contributed by atoms with van der Waals surface area (Å²) in [5.74, 6) is -0.546. The van der Waals surface area contributed by atoms with Crippen molar-refractivity contribution < 1.29 is 14.0 Å². The second-order valence-corrected chi connectivity index (χ2v) is 6.95. The highest BCUT2D eigenvalue weighted by molar-refractivity contribution is 5.90. The molecular formula is C18H24FN7O2. The quantitative estimate of drug-likeness (QED) is 0.798. The molecule has 2 N–H and O–H groups in total. The van der Waals surface area contributed by atoms with Crippen molar-refractivity contribution in [1.29, 1.82) is 0 Å². The molecule has 9 nitrogen and oxygen atoms in total. The summed E-state index contributed by atoms with van der Waals surface area (Å²) in [6, 6.07) is 4.13. The Morgan fingerprint density at radius 3 is 2.46 bits per heavy atom. The lowest BCUT2D eigenvalue weighted by Crippen LogP contribution is -2.52. The van der Waals surface area contributed by atoms with Gasteiger partial charge in [0.1, 0.15) is 18.5 Å². The van der Waals surface area contributed by atoms with Crippen molar-refractivity contribution in [2.75, 3.05) is 38.0 Å². The molecule has 0 unspecified atom stereocenters. The van der Waals surface area contributed by atoms with E-state index in [-0.39, 0.29) is 23.7 Å². The van der Waals surface area contributed by atoms with Gasteiger partial charge in [0.25, 0.3) is 0 Å². The van der Waals surface area contributed by atoms with E-state index >= 15 is 0 Å². The van der Waals surface area contributed by atoms with Gasteiger partial charge in [-0.2, -0.15) is 0 Å². The minimum absolute atomic E-state index is 0.0271. The third-order valence-corrected chi connectivity index (χ3v) is 4.38. The number of amides is 3. The Labute approximate surface area is 162 Å². The van der Waals surface area contributed by atoms with Crippen LogP contribution in [0.15, 0.2) is 30.9 Å². The van der Waals surface area contributed by atoms with Gasteiger partial charge in [-0.15, -0.1) is 10.2 Å². The Kier molecular flexibility index (Phi) is 6.19. The molecule has 1 fully saturated rings. The topological polar surface area (TPSA) is 95.4 Å². The van der Waals surface area contributed by atoms with E-state index in [4.69, 9.17) is 0 Å². The smallest absolute Gasteiger partial charge is 0.322 e. The van der Waals surface area contributed by atoms with E-state index in [9.17, 15) is 14.0 Å². The molecule has 0 atom stereocenters. The molecule has 150 valence electrons. The first kappa shape index (κ1) is 19.7. The molecule has 3 rings (SSSR count). The second-order valence-electron chi connectivity index (χ2n) is 6.95. The van der Waals surface area contributed by atoms with Gasteiger partial charge >= 0.3 is 6.03 Å². The molecule has 10 heteroatoms. The summed E-state index contributed by atoms with van der Waals surface area (Å²) in [6.45, 7) is 6.24. The largest absolute Gasteiger partial charge is 0.353 e. The van der Waals surface area contributed by atoms with E-state index in [0.29, 0.717) is 38.4 Å². The first-order valence-electron chi connectivity index (χ1n) is 9.14. The van der Waals surface area contributed by atoms with Gasteiger partial charge in [0.15, 0.2) is 0 Å². The number of benzene rings is 1. The molecule has 1 aliphatic rings. The first-order chi connectivity index (χ1) is 13.4. The average Bonchev–Trinajstić information content (AvgIpc) is 3.18. The number of anilines is 1. The minimum atomic E-state index is -0.519. The van der Waals surface area contributed by atoms with Crippen LogP contribution in [0, 0.1) is 5.82 Å². The summed E-state index contributed by atoms with van der Waals surface area (Å²) in [7, 11) is 0. The molecule has 0 aliphatic carbocycles. The highest BCUT2D eigenvalue weighted by Crippen LogP contribution is 2.19. The Morgan fingerprint density at radius 1 is 1.14 bits per heavy atom. The number of halogens is 1. The molecule has 2 heterocycles. The summed E-state index contributed by atoms with van der Waals surface area (Å²) in [5, 5.41) is 12.9. The number of nitrogens with one attached hydrogen (secondary N) is 2. The van der Waals surface area contributed by atoms with Crippen LogP contribution in [0.3, 0.4) is 0 Å². The number of rotatable bonds is 5. The number of hydrogen-bond donors (Lipinski definition) is 2. The lowest BCUT2D eigenvalue weighted by Gasteiger charge is -2.34. The van der Waals surface area contributed by atoms with Gasteiger partial charge in [0.05, 0.1) is 17.9 Å². The molecule has 2 aromatic rings. The van der Waals surface area contributed by atoms with Crippen LogP contribution in [0.25, 0.3) is 5.69 Å². The maximum Gasteiger partial charge on any atom is 0.322 e. The van der Waals surface area contributed by atoms with E-state index in [2.05, 4.69) is 20.8 Å². The third kappa shape index (κ3) is 5.03. The molecule has 3 amide bonds. The Bertz CT molecular complexity index is 817. The van der Waals surface area contributed by atoms with Crippen LogP contribution in [0.5, 0.6) is 0 Å². The molecule has 0 spiro atoms. The number of carbonyl (C=O) groups excluding carboxylic acids is 2. The van der Waals surface area contributed by atoms with Crippen molar-refractivity contribution >= 4 is 17.6 Å². The highest BCUT2D eigenvalue weighted by Gasteiger charge is 2.23. The number of hydrogen-bond acceptors (Lipinski definition) is 5. The highest BCUT2D eigenvalue weighted by atomic mass is 19.1. The van der Waals surface area contributed by atoms with Gasteiger partial charge in [0.2, 0.25) is 5.91 Å². The maximum absolute atomic E-state index is 14.1. The second kappa shape index (κ2) is 8.79. The normalized spacial score (nSPS) is 14.9. The average molecular weight is 389 g/mol. The van der Waals surface area contributed by atoms with Gasteiger partial charge in [-0.3, -0.25) is 14.3 Å². The van der Waals surface area contributed by atoms with Gasteiger partial charge in [-0.25, -0.2) is 9.18 Å². The van der Waals surface area contributed by atoms with Crippen LogP contribution in [-0.2, 0) is 4.79 Å². The lowest BCUT2D eigenvalue weighted by atomic mass is 10.2. The maximum atomic E-state index is 14.1. The SMILES string of the molecule is CC(C)NC(=O)CN1CCN(C(=O)Nc2cc(-n3cnnc3)ccc2F)CC1. The summed E-state index contributed by atoms with van der Waals surface area (Å²) in [6.07, 6.45) is 2.99. The predicted octanol–water partition coefficient (Wildman–Crippen LogP) is 1.08. The standard InChI is InChI=1S/C18H24FN7O2/c1-13(2)22-17(27)10-24-5-7-25(8-6-24)18(28)23-16-9-14(3-4-15(16)19)26-11-20-21-12-26/h3-4,9,11-13H,5-8,10H2,1-2H3,(H,22,27)(H,23,28). The van der Waals surface area contributed by atoms with E-state index in [1.165, 1.54) is 24.8 Å². The number of nitrogens with zero attached hydrogens (tertiary/aromatic N) is 5. The van der Waals surface area contributed by atoms with Crippen molar-refractivity contribution in [3.05, 3.63) is 36.7 Å². The summed E-state index contributed by atoms with van der Waals surface area (Å²) in [5.41, 5.74) is 0.734. The molecule has 1 aromatic carbocycles. The number of urea groups is 1. The molecular weight excluding hydrogens is 365 g/mol. The monoisotopic (exact) mass is 389 g/mol. The molecule has 1 aromatic heterocycles. The van der Waals surface area contributed by atoms with E-state index < -0.39 is 5.82 Å². The first-order valence-corrected chi connectivity index (χ1v) is 9.14. The van der Waals surface area contributed by atoms with Crippen molar-refractivity contribution in [1.82, 2.24) is 29.9 Å². The summed E-state index contributed by atoms with van der Waals surface area (Å²) in [4.78, 5) is 28.0. The van der Waals surface area contributed by atoms with Gasteiger partial charge < -0.3 is 15.5 Å². The fraction of sp³-hybridized carbons (Fsp3) is 0.444.